The number of benzene rings is 3. The van der Waals surface area contributed by atoms with Gasteiger partial charge in [0.2, 0.25) is 0 Å². The zero-order chi connectivity index (χ0) is 25.5. The average Bonchev–Trinajstić information content (AvgIpc) is 2.84. The van der Waals surface area contributed by atoms with Gasteiger partial charge in [-0.15, -0.1) is 0 Å². The molecule has 0 aliphatic heterocycles. The van der Waals surface area contributed by atoms with Crippen LogP contribution in [0.15, 0.2) is 108 Å². The maximum absolute atomic E-state index is 12.9. The van der Waals surface area contributed by atoms with Crippen molar-refractivity contribution in [2.75, 3.05) is 0 Å². The molecular formula is C28H25BF4O2. The number of Topliss-reactive ketones (excluding diaryl/α,β-unsaturated/α-hetero) is 1. The predicted molar refractivity (Wildman–Crippen MR) is 133 cm³/mol. The molecule has 0 aliphatic rings. The van der Waals surface area contributed by atoms with E-state index in [2.05, 4.69) is 38.1 Å². The summed E-state index contributed by atoms with van der Waals surface area (Å²) in [4.78, 5) is 12.9. The number of ketones is 1. The second-order valence-corrected chi connectivity index (χ2v) is 8.65. The van der Waals surface area contributed by atoms with Crippen LogP contribution in [0.1, 0.15) is 36.4 Å². The SMILES string of the molecule is CC(C)(CC(=O)c1ccccc1)c1cc(-c2ccccc2)cc(-c2ccccc2)[o+]1.F[B-](F)(F)F. The van der Waals surface area contributed by atoms with Gasteiger partial charge in [0.1, 0.15) is 0 Å². The van der Waals surface area contributed by atoms with Gasteiger partial charge in [-0.05, 0) is 31.5 Å². The van der Waals surface area contributed by atoms with E-state index in [9.17, 15) is 22.1 Å². The first kappa shape index (κ1) is 25.9. The van der Waals surface area contributed by atoms with Crippen molar-refractivity contribution in [1.29, 1.82) is 0 Å². The first-order valence-corrected chi connectivity index (χ1v) is 11.1. The molecule has 0 atom stereocenters. The van der Waals surface area contributed by atoms with Gasteiger partial charge < -0.3 is 17.3 Å². The normalized spacial score (nSPS) is 11.4. The van der Waals surface area contributed by atoms with Crippen LogP contribution in [-0.2, 0) is 5.41 Å². The highest BCUT2D eigenvalue weighted by Gasteiger charge is 2.36. The zero-order valence-electron chi connectivity index (χ0n) is 19.4. The average molecular weight is 480 g/mol. The van der Waals surface area contributed by atoms with Crippen LogP contribution >= 0.6 is 0 Å². The largest absolute Gasteiger partial charge is 0.673 e. The second kappa shape index (κ2) is 11.1. The van der Waals surface area contributed by atoms with E-state index in [0.717, 1.165) is 33.8 Å². The fourth-order valence-electron chi connectivity index (χ4n) is 3.59. The quantitative estimate of drug-likeness (QED) is 0.119. The molecule has 0 unspecified atom stereocenters. The molecular weight excluding hydrogens is 455 g/mol. The van der Waals surface area contributed by atoms with Crippen molar-refractivity contribution in [2.24, 2.45) is 0 Å². The number of hydrogen-bond donors (Lipinski definition) is 0. The molecule has 0 aliphatic carbocycles. The first-order valence-electron chi connectivity index (χ1n) is 11.1. The topological polar surface area (TPSA) is 28.4 Å². The van der Waals surface area contributed by atoms with Gasteiger partial charge in [0.15, 0.2) is 5.78 Å². The third-order valence-electron chi connectivity index (χ3n) is 5.32. The molecule has 7 heteroatoms. The van der Waals surface area contributed by atoms with Gasteiger partial charge in [-0.25, -0.2) is 4.42 Å². The Kier molecular flexibility index (Phi) is 8.23. The number of hydrogen-bond acceptors (Lipinski definition) is 1. The van der Waals surface area contributed by atoms with Gasteiger partial charge in [0, 0.05) is 23.6 Å². The van der Waals surface area contributed by atoms with E-state index in [1.165, 1.54) is 0 Å². The fraction of sp³-hybridized carbons (Fsp3) is 0.143. The molecule has 35 heavy (non-hydrogen) atoms. The van der Waals surface area contributed by atoms with Crippen LogP contribution < -0.4 is 0 Å². The van der Waals surface area contributed by atoms with Gasteiger partial charge in [0.25, 0.3) is 0 Å². The summed E-state index contributed by atoms with van der Waals surface area (Å²) >= 11 is 0. The summed E-state index contributed by atoms with van der Waals surface area (Å²) in [5, 5.41) is 0. The zero-order valence-corrected chi connectivity index (χ0v) is 19.4. The Hall–Kier alpha value is -3.74. The number of rotatable bonds is 6. The summed E-state index contributed by atoms with van der Waals surface area (Å²) < 4.78 is 45.4. The molecule has 0 N–H and O–H groups in total. The van der Waals surface area contributed by atoms with Gasteiger partial charge in [-0.2, -0.15) is 0 Å². The predicted octanol–water partition coefficient (Wildman–Crippen LogP) is 8.75. The molecule has 4 aromatic rings. The van der Waals surface area contributed by atoms with Crippen molar-refractivity contribution in [3.8, 4) is 22.5 Å². The van der Waals surface area contributed by atoms with Crippen molar-refractivity contribution < 1.29 is 26.5 Å². The van der Waals surface area contributed by atoms with E-state index in [-0.39, 0.29) is 5.78 Å². The van der Waals surface area contributed by atoms with Crippen LogP contribution in [0.5, 0.6) is 0 Å². The highest BCUT2D eigenvalue weighted by molar-refractivity contribution is 6.50. The maximum Gasteiger partial charge on any atom is 0.673 e. The lowest BCUT2D eigenvalue weighted by molar-refractivity contribution is 0.0951. The smallest absolute Gasteiger partial charge is 0.418 e. The molecule has 2 nitrogen and oxygen atoms in total. The number of carbonyl (C=O) groups is 1. The molecule has 0 amide bonds. The molecule has 0 radical (unpaired) electrons. The molecule has 4 rings (SSSR count). The summed E-state index contributed by atoms with van der Waals surface area (Å²) in [5.74, 6) is 1.71. The van der Waals surface area contributed by atoms with Crippen molar-refractivity contribution >= 4 is 13.0 Å². The summed E-state index contributed by atoms with van der Waals surface area (Å²) in [6.45, 7) is 4.13. The second-order valence-electron chi connectivity index (χ2n) is 8.65. The van der Waals surface area contributed by atoms with E-state index < -0.39 is 12.7 Å². The molecule has 0 bridgehead atoms. The monoisotopic (exact) mass is 480 g/mol. The van der Waals surface area contributed by atoms with Crippen LogP contribution in [-0.4, -0.2) is 13.0 Å². The van der Waals surface area contributed by atoms with E-state index >= 15 is 0 Å². The van der Waals surface area contributed by atoms with E-state index in [1.807, 2.05) is 78.9 Å². The Bertz CT molecular complexity index is 1180. The van der Waals surface area contributed by atoms with Crippen LogP contribution in [0.2, 0.25) is 0 Å². The molecule has 1 heterocycles. The Morgan fingerprint density at radius 1 is 0.714 bits per heavy atom. The fourth-order valence-corrected chi connectivity index (χ4v) is 3.59. The van der Waals surface area contributed by atoms with Crippen molar-refractivity contribution in [3.05, 3.63) is 114 Å². The molecule has 1 aromatic heterocycles. The molecule has 0 saturated heterocycles. The van der Waals surface area contributed by atoms with E-state index in [0.29, 0.717) is 6.42 Å². The summed E-state index contributed by atoms with van der Waals surface area (Å²) in [5.41, 5.74) is 3.49. The maximum atomic E-state index is 12.9. The van der Waals surface area contributed by atoms with Gasteiger partial charge >= 0.3 is 18.8 Å². The standard InChI is InChI=1S/C28H25O2.BF4/c1-28(2,20-25(29)22-14-8-4-9-15-22)27-19-24(21-12-6-3-7-13-21)18-26(30-27)23-16-10-5-11-17-23;2-1(3,4)5/h3-19H,20H2,1-2H3;/q+1;-1. The molecule has 0 fully saturated rings. The Morgan fingerprint density at radius 2 is 1.17 bits per heavy atom. The molecule has 0 saturated carbocycles. The highest BCUT2D eigenvalue weighted by atomic mass is 19.5. The lowest BCUT2D eigenvalue weighted by Crippen LogP contribution is -2.22. The van der Waals surface area contributed by atoms with E-state index in [4.69, 9.17) is 4.42 Å². The third-order valence-corrected chi connectivity index (χ3v) is 5.32. The van der Waals surface area contributed by atoms with Crippen LogP contribution in [0, 0.1) is 0 Å². The molecule has 3 aromatic carbocycles. The minimum absolute atomic E-state index is 0.113. The van der Waals surface area contributed by atoms with Crippen LogP contribution in [0.3, 0.4) is 0 Å². The van der Waals surface area contributed by atoms with Gasteiger partial charge in [-0.3, -0.25) is 4.79 Å². The molecule has 180 valence electrons. The Labute approximate surface area is 202 Å². The van der Waals surface area contributed by atoms with Crippen molar-refractivity contribution in [3.63, 3.8) is 0 Å². The Balaban J connectivity index is 0.000000623. The summed E-state index contributed by atoms with van der Waals surface area (Å²) in [6, 6.07) is 33.9. The molecule has 0 spiro atoms. The summed E-state index contributed by atoms with van der Waals surface area (Å²) in [7, 11) is -6.00. The third kappa shape index (κ3) is 7.92. The van der Waals surface area contributed by atoms with Crippen molar-refractivity contribution in [2.45, 2.75) is 25.7 Å². The van der Waals surface area contributed by atoms with Gasteiger partial charge in [0.05, 0.1) is 17.0 Å². The van der Waals surface area contributed by atoms with Crippen LogP contribution in [0.4, 0.5) is 17.3 Å². The lowest BCUT2D eigenvalue weighted by Gasteiger charge is -2.17. The minimum atomic E-state index is -6.00. The minimum Gasteiger partial charge on any atom is -0.418 e. The van der Waals surface area contributed by atoms with Gasteiger partial charge in [-0.1, -0.05) is 78.9 Å². The Morgan fingerprint density at radius 3 is 1.69 bits per heavy atom. The number of halogens is 4. The van der Waals surface area contributed by atoms with Crippen molar-refractivity contribution in [1.82, 2.24) is 0 Å². The van der Waals surface area contributed by atoms with Crippen LogP contribution in [0.25, 0.3) is 22.5 Å². The van der Waals surface area contributed by atoms with E-state index in [1.54, 1.807) is 0 Å². The summed E-state index contributed by atoms with van der Waals surface area (Å²) in [6.07, 6.45) is 0.368. The highest BCUT2D eigenvalue weighted by Crippen LogP contribution is 2.36. The number of carbonyl (C=O) groups excluding carboxylic acids is 1. The lowest BCUT2D eigenvalue weighted by atomic mass is 9.82. The first-order chi connectivity index (χ1) is 16.5.